The third kappa shape index (κ3) is 2.24. The third-order valence-corrected chi connectivity index (χ3v) is 3.85. The molecule has 16 heavy (non-hydrogen) atoms. The molecule has 1 aliphatic rings. The minimum Gasteiger partial charge on any atom is -0.481 e. The molecule has 3 nitrogen and oxygen atoms in total. The topological polar surface area (TPSA) is 49.3 Å². The smallest absolute Gasteiger partial charge is 0.308 e. The van der Waals surface area contributed by atoms with Crippen LogP contribution in [0.2, 0.25) is 5.02 Å². The Morgan fingerprint density at radius 3 is 2.94 bits per heavy atom. The van der Waals surface area contributed by atoms with Gasteiger partial charge in [0, 0.05) is 28.5 Å². The molecular weight excluding hydrogens is 293 g/mol. The summed E-state index contributed by atoms with van der Waals surface area (Å²) >= 11 is 9.37. The van der Waals surface area contributed by atoms with Crippen LogP contribution < -0.4 is 5.32 Å². The quantitative estimate of drug-likeness (QED) is 0.882. The molecule has 1 aliphatic heterocycles. The lowest BCUT2D eigenvalue weighted by Gasteiger charge is -2.16. The number of aliphatic carboxylic acids is 1. The first-order valence-corrected chi connectivity index (χ1v) is 6.15. The highest BCUT2D eigenvalue weighted by Gasteiger charge is 2.34. The number of hydrogen-bond acceptors (Lipinski definition) is 2. The molecule has 0 saturated carbocycles. The van der Waals surface area contributed by atoms with Crippen molar-refractivity contribution in [1.82, 2.24) is 5.32 Å². The van der Waals surface area contributed by atoms with Gasteiger partial charge < -0.3 is 10.4 Å². The van der Waals surface area contributed by atoms with E-state index in [-0.39, 0.29) is 11.8 Å². The number of carboxylic acids is 1. The van der Waals surface area contributed by atoms with Crippen LogP contribution in [0.3, 0.4) is 0 Å². The molecule has 0 amide bonds. The molecule has 0 aliphatic carbocycles. The van der Waals surface area contributed by atoms with Crippen molar-refractivity contribution < 1.29 is 9.90 Å². The largest absolute Gasteiger partial charge is 0.481 e. The highest BCUT2D eigenvalue weighted by molar-refractivity contribution is 9.10. The normalized spacial score (nSPS) is 24.6. The van der Waals surface area contributed by atoms with E-state index in [2.05, 4.69) is 21.2 Å². The molecule has 86 valence electrons. The number of rotatable bonds is 2. The minimum absolute atomic E-state index is 0.0226. The number of halogens is 2. The summed E-state index contributed by atoms with van der Waals surface area (Å²) in [6, 6.07) is 5.47. The van der Waals surface area contributed by atoms with Crippen LogP contribution in [0.1, 0.15) is 11.5 Å². The standard InChI is InChI=1S/C11H11BrClNO2/c12-10-2-1-6(13)3-7(10)8-4-14-5-9(8)11(15)16/h1-3,8-9,14H,4-5H2,(H,15,16). The van der Waals surface area contributed by atoms with E-state index in [4.69, 9.17) is 16.7 Å². The fraction of sp³-hybridized carbons (Fsp3) is 0.364. The van der Waals surface area contributed by atoms with Gasteiger partial charge >= 0.3 is 5.97 Å². The van der Waals surface area contributed by atoms with Crippen LogP contribution in [0.5, 0.6) is 0 Å². The van der Waals surface area contributed by atoms with Crippen molar-refractivity contribution in [3.63, 3.8) is 0 Å². The van der Waals surface area contributed by atoms with Crippen molar-refractivity contribution in [2.75, 3.05) is 13.1 Å². The maximum atomic E-state index is 11.1. The van der Waals surface area contributed by atoms with Crippen molar-refractivity contribution in [3.8, 4) is 0 Å². The summed E-state index contributed by atoms with van der Waals surface area (Å²) in [5.74, 6) is -1.16. The van der Waals surface area contributed by atoms with Crippen molar-refractivity contribution in [2.45, 2.75) is 5.92 Å². The van der Waals surface area contributed by atoms with Crippen LogP contribution in [-0.2, 0) is 4.79 Å². The fourth-order valence-corrected chi connectivity index (χ4v) is 2.78. The molecule has 1 aromatic carbocycles. The molecule has 2 N–H and O–H groups in total. The maximum Gasteiger partial charge on any atom is 0.308 e. The monoisotopic (exact) mass is 303 g/mol. The molecule has 0 aromatic heterocycles. The zero-order valence-electron chi connectivity index (χ0n) is 8.41. The maximum absolute atomic E-state index is 11.1. The summed E-state index contributed by atoms with van der Waals surface area (Å²) in [4.78, 5) is 11.1. The molecule has 5 heteroatoms. The van der Waals surface area contributed by atoms with Gasteiger partial charge in [0.15, 0.2) is 0 Å². The first-order valence-electron chi connectivity index (χ1n) is 4.98. The summed E-state index contributed by atoms with van der Waals surface area (Å²) in [7, 11) is 0. The summed E-state index contributed by atoms with van der Waals surface area (Å²) < 4.78 is 0.914. The Morgan fingerprint density at radius 2 is 2.25 bits per heavy atom. The van der Waals surface area contributed by atoms with Crippen molar-refractivity contribution in [2.24, 2.45) is 5.92 Å². The van der Waals surface area contributed by atoms with E-state index in [0.29, 0.717) is 18.1 Å². The van der Waals surface area contributed by atoms with Gasteiger partial charge in [-0.2, -0.15) is 0 Å². The molecular formula is C11H11BrClNO2. The lowest BCUT2D eigenvalue weighted by atomic mass is 9.89. The van der Waals surface area contributed by atoms with Crippen molar-refractivity contribution in [1.29, 1.82) is 0 Å². The summed E-state index contributed by atoms with van der Waals surface area (Å²) in [5.41, 5.74) is 0.963. The number of carboxylic acid groups (broad SMARTS) is 1. The van der Waals surface area contributed by atoms with Gasteiger partial charge in [-0.3, -0.25) is 4.79 Å². The van der Waals surface area contributed by atoms with E-state index >= 15 is 0 Å². The van der Waals surface area contributed by atoms with Crippen LogP contribution in [0.25, 0.3) is 0 Å². The lowest BCUT2D eigenvalue weighted by molar-refractivity contribution is -0.141. The highest BCUT2D eigenvalue weighted by atomic mass is 79.9. The van der Waals surface area contributed by atoms with E-state index in [1.54, 1.807) is 6.07 Å². The predicted octanol–water partition coefficient (Wildman–Crippen LogP) is 2.49. The SMILES string of the molecule is O=C(O)C1CNCC1c1cc(Cl)ccc1Br. The number of carbonyl (C=O) groups is 1. The molecule has 2 rings (SSSR count). The Balaban J connectivity index is 2.35. The van der Waals surface area contributed by atoms with E-state index < -0.39 is 5.97 Å². The average Bonchev–Trinajstić information content (AvgIpc) is 2.70. The summed E-state index contributed by atoms with van der Waals surface area (Å²) in [6.45, 7) is 1.19. The fourth-order valence-electron chi connectivity index (χ4n) is 2.06. The molecule has 1 saturated heterocycles. The zero-order valence-corrected chi connectivity index (χ0v) is 10.8. The van der Waals surface area contributed by atoms with Crippen molar-refractivity contribution >= 4 is 33.5 Å². The second-order valence-corrected chi connectivity index (χ2v) is 5.17. The van der Waals surface area contributed by atoms with E-state index in [1.807, 2.05) is 12.1 Å². The molecule has 1 heterocycles. The van der Waals surface area contributed by atoms with Gasteiger partial charge in [-0.05, 0) is 23.8 Å². The molecule has 1 fully saturated rings. The summed E-state index contributed by atoms with van der Waals surface area (Å²) in [5, 5.41) is 12.9. The lowest BCUT2D eigenvalue weighted by Crippen LogP contribution is -2.21. The Kier molecular flexibility index (Phi) is 3.52. The van der Waals surface area contributed by atoms with Gasteiger partial charge in [0.1, 0.15) is 0 Å². The Bertz CT molecular complexity index is 424. The molecule has 2 atom stereocenters. The Morgan fingerprint density at radius 1 is 1.50 bits per heavy atom. The van der Waals surface area contributed by atoms with Crippen LogP contribution >= 0.6 is 27.5 Å². The van der Waals surface area contributed by atoms with Crippen LogP contribution in [0.4, 0.5) is 0 Å². The average molecular weight is 305 g/mol. The third-order valence-electron chi connectivity index (χ3n) is 2.89. The van der Waals surface area contributed by atoms with Gasteiger partial charge in [0.25, 0.3) is 0 Å². The van der Waals surface area contributed by atoms with E-state index in [0.717, 1.165) is 10.0 Å². The predicted molar refractivity (Wildman–Crippen MR) is 65.9 cm³/mol. The first-order chi connectivity index (χ1) is 7.59. The number of nitrogens with one attached hydrogen (secondary N) is 1. The second-order valence-electron chi connectivity index (χ2n) is 3.88. The van der Waals surface area contributed by atoms with Gasteiger partial charge in [0.2, 0.25) is 0 Å². The molecule has 1 aromatic rings. The van der Waals surface area contributed by atoms with Crippen molar-refractivity contribution in [3.05, 3.63) is 33.3 Å². The van der Waals surface area contributed by atoms with Crippen LogP contribution in [-0.4, -0.2) is 24.2 Å². The Hall–Kier alpha value is -0.580. The van der Waals surface area contributed by atoms with Gasteiger partial charge in [0.05, 0.1) is 5.92 Å². The van der Waals surface area contributed by atoms with Crippen LogP contribution in [0.15, 0.2) is 22.7 Å². The van der Waals surface area contributed by atoms with Gasteiger partial charge in [-0.15, -0.1) is 0 Å². The Labute approximate surface area is 107 Å². The second kappa shape index (κ2) is 4.73. The van der Waals surface area contributed by atoms with Gasteiger partial charge in [-0.1, -0.05) is 27.5 Å². The van der Waals surface area contributed by atoms with Gasteiger partial charge in [-0.25, -0.2) is 0 Å². The summed E-state index contributed by atoms with van der Waals surface area (Å²) in [6.07, 6.45) is 0. The number of hydrogen-bond donors (Lipinski definition) is 2. The van der Waals surface area contributed by atoms with E-state index in [1.165, 1.54) is 0 Å². The molecule has 0 bridgehead atoms. The molecule has 0 radical (unpaired) electrons. The van der Waals surface area contributed by atoms with Crippen LogP contribution in [0, 0.1) is 5.92 Å². The minimum atomic E-state index is -0.762. The molecule has 0 spiro atoms. The molecule has 2 unspecified atom stereocenters. The first kappa shape index (κ1) is 11.9. The number of benzene rings is 1. The highest BCUT2D eigenvalue weighted by Crippen LogP contribution is 2.34. The van der Waals surface area contributed by atoms with E-state index in [9.17, 15) is 4.79 Å². The zero-order chi connectivity index (χ0) is 11.7.